The monoisotopic (exact) mass is 382 g/mol. The molecule has 2 aromatic carbocycles. The van der Waals surface area contributed by atoms with Gasteiger partial charge in [-0.2, -0.15) is 0 Å². The predicted molar refractivity (Wildman–Crippen MR) is 109 cm³/mol. The third-order valence-electron chi connectivity index (χ3n) is 5.69. The third kappa shape index (κ3) is 4.05. The van der Waals surface area contributed by atoms with Gasteiger partial charge in [-0.05, 0) is 37.9 Å². The molecule has 0 radical (unpaired) electrons. The van der Waals surface area contributed by atoms with Crippen LogP contribution < -0.4 is 11.1 Å². The zero-order chi connectivity index (χ0) is 20.3. The van der Waals surface area contributed by atoms with Crippen molar-refractivity contribution in [2.24, 2.45) is 11.7 Å². The Kier molecular flexibility index (Phi) is 6.06. The second-order valence-electron chi connectivity index (χ2n) is 7.34. The molecule has 28 heavy (non-hydrogen) atoms. The molecule has 1 heterocycles. The molecule has 1 aliphatic heterocycles. The van der Waals surface area contributed by atoms with E-state index >= 15 is 0 Å². The van der Waals surface area contributed by atoms with Gasteiger partial charge in [0.15, 0.2) is 0 Å². The van der Waals surface area contributed by atoms with Crippen LogP contribution in [0, 0.1) is 23.0 Å². The van der Waals surface area contributed by atoms with Crippen LogP contribution in [0.5, 0.6) is 0 Å². The molecule has 3 rings (SSSR count). The van der Waals surface area contributed by atoms with Crippen molar-refractivity contribution in [3.63, 3.8) is 0 Å². The molecule has 0 saturated carbocycles. The lowest BCUT2D eigenvalue weighted by atomic mass is 9.89. The Bertz CT molecular complexity index is 856. The number of carbonyl (C=O) groups excluding carboxylic acids is 1. The fraction of sp³-hybridized carbons (Fsp3) is 0.381. The average Bonchev–Trinajstić information content (AvgIpc) is 3.13. The number of rotatable bonds is 6. The lowest BCUT2D eigenvalue weighted by Gasteiger charge is -2.24. The van der Waals surface area contributed by atoms with E-state index in [0.29, 0.717) is 23.7 Å². The van der Waals surface area contributed by atoms with E-state index in [9.17, 15) is 14.9 Å². The summed E-state index contributed by atoms with van der Waals surface area (Å²) >= 11 is 0. The molecule has 3 N–H and O–H groups in total. The molecule has 1 fully saturated rings. The highest BCUT2D eigenvalue weighted by atomic mass is 16.6. The first kappa shape index (κ1) is 20.0. The van der Waals surface area contributed by atoms with Crippen molar-refractivity contribution >= 4 is 17.3 Å². The van der Waals surface area contributed by atoms with Crippen LogP contribution in [-0.2, 0) is 4.79 Å². The highest BCUT2D eigenvalue weighted by Gasteiger charge is 2.37. The highest BCUT2D eigenvalue weighted by Crippen LogP contribution is 2.33. The molecule has 148 valence electrons. The minimum absolute atomic E-state index is 0.000960. The first-order valence-corrected chi connectivity index (χ1v) is 9.46. The second kappa shape index (κ2) is 8.50. The maximum absolute atomic E-state index is 12.8. The summed E-state index contributed by atoms with van der Waals surface area (Å²) in [6, 6.07) is 14.6. The summed E-state index contributed by atoms with van der Waals surface area (Å²) < 4.78 is 0. The summed E-state index contributed by atoms with van der Waals surface area (Å²) in [5, 5.41) is 14.0. The van der Waals surface area contributed by atoms with Crippen LogP contribution in [0.15, 0.2) is 48.5 Å². The standard InChI is InChI=1S/C21H26N4O3/c1-14-19(9-6-10-20(14)25(27)28)23-21(26)15(2)24-12-17(11-22)18(13-24)16-7-4-3-5-8-16/h3-10,15,17-18H,11-13,22H2,1-2H3,(H,23,26)/t15?,17-,18+/m1/s1. The van der Waals surface area contributed by atoms with Gasteiger partial charge in [-0.25, -0.2) is 0 Å². The van der Waals surface area contributed by atoms with Crippen molar-refractivity contribution in [1.82, 2.24) is 4.90 Å². The Balaban J connectivity index is 1.72. The Morgan fingerprint density at radius 2 is 1.96 bits per heavy atom. The van der Waals surface area contributed by atoms with E-state index in [0.717, 1.165) is 13.1 Å². The molecule has 7 nitrogen and oxygen atoms in total. The second-order valence-corrected chi connectivity index (χ2v) is 7.34. The van der Waals surface area contributed by atoms with E-state index in [1.807, 2.05) is 25.1 Å². The Hall–Kier alpha value is -2.77. The van der Waals surface area contributed by atoms with Crippen LogP contribution in [0.4, 0.5) is 11.4 Å². The van der Waals surface area contributed by atoms with Gasteiger partial charge in [0.1, 0.15) is 0 Å². The minimum atomic E-state index is -0.439. The molecular formula is C21H26N4O3. The molecule has 0 bridgehead atoms. The summed E-state index contributed by atoms with van der Waals surface area (Å²) in [6.07, 6.45) is 0. The van der Waals surface area contributed by atoms with E-state index in [1.165, 1.54) is 11.6 Å². The van der Waals surface area contributed by atoms with Crippen LogP contribution in [0.1, 0.15) is 24.0 Å². The number of amides is 1. The lowest BCUT2D eigenvalue weighted by molar-refractivity contribution is -0.385. The van der Waals surface area contributed by atoms with Crippen LogP contribution in [-0.4, -0.2) is 41.4 Å². The molecular weight excluding hydrogens is 356 g/mol. The van der Waals surface area contributed by atoms with Gasteiger partial charge in [-0.3, -0.25) is 19.8 Å². The fourth-order valence-electron chi connectivity index (χ4n) is 3.90. The number of likely N-dealkylation sites (tertiary alicyclic amines) is 1. The zero-order valence-corrected chi connectivity index (χ0v) is 16.2. The number of benzene rings is 2. The molecule has 1 saturated heterocycles. The van der Waals surface area contributed by atoms with E-state index in [1.54, 1.807) is 19.1 Å². The van der Waals surface area contributed by atoms with Gasteiger partial charge in [0.05, 0.1) is 22.2 Å². The van der Waals surface area contributed by atoms with Crippen LogP contribution in [0.3, 0.4) is 0 Å². The number of carbonyl (C=O) groups is 1. The van der Waals surface area contributed by atoms with Crippen LogP contribution in [0.25, 0.3) is 0 Å². The van der Waals surface area contributed by atoms with Crippen molar-refractivity contribution in [1.29, 1.82) is 0 Å². The molecule has 1 aliphatic rings. The molecule has 2 aromatic rings. The maximum Gasteiger partial charge on any atom is 0.274 e. The molecule has 3 atom stereocenters. The molecule has 1 amide bonds. The molecule has 0 aliphatic carbocycles. The van der Waals surface area contributed by atoms with E-state index < -0.39 is 4.92 Å². The predicted octanol–water partition coefficient (Wildman–Crippen LogP) is 2.90. The van der Waals surface area contributed by atoms with Gasteiger partial charge >= 0.3 is 0 Å². The summed E-state index contributed by atoms with van der Waals surface area (Å²) in [7, 11) is 0. The minimum Gasteiger partial charge on any atom is -0.330 e. The van der Waals surface area contributed by atoms with Crippen molar-refractivity contribution in [3.8, 4) is 0 Å². The Morgan fingerprint density at radius 1 is 1.25 bits per heavy atom. The molecule has 1 unspecified atom stereocenters. The third-order valence-corrected chi connectivity index (χ3v) is 5.69. The largest absolute Gasteiger partial charge is 0.330 e. The Labute approximate surface area is 164 Å². The molecule has 0 spiro atoms. The van der Waals surface area contributed by atoms with Gasteiger partial charge in [-0.15, -0.1) is 0 Å². The first-order valence-electron chi connectivity index (χ1n) is 9.46. The summed E-state index contributed by atoms with van der Waals surface area (Å²) in [4.78, 5) is 25.6. The zero-order valence-electron chi connectivity index (χ0n) is 16.2. The van der Waals surface area contributed by atoms with Crippen molar-refractivity contribution in [2.45, 2.75) is 25.8 Å². The van der Waals surface area contributed by atoms with Gasteiger partial charge in [-0.1, -0.05) is 36.4 Å². The summed E-state index contributed by atoms with van der Waals surface area (Å²) in [6.45, 7) is 5.58. The number of nitrogens with one attached hydrogen (secondary N) is 1. The van der Waals surface area contributed by atoms with Gasteiger partial charge < -0.3 is 11.1 Å². The van der Waals surface area contributed by atoms with Gasteiger partial charge in [0.25, 0.3) is 5.69 Å². The van der Waals surface area contributed by atoms with Crippen molar-refractivity contribution in [3.05, 3.63) is 69.8 Å². The highest BCUT2D eigenvalue weighted by molar-refractivity contribution is 5.95. The normalized spacial score (nSPS) is 20.7. The van der Waals surface area contributed by atoms with Crippen LogP contribution >= 0.6 is 0 Å². The van der Waals surface area contributed by atoms with E-state index in [4.69, 9.17) is 5.73 Å². The number of hydrogen-bond acceptors (Lipinski definition) is 5. The first-order chi connectivity index (χ1) is 13.4. The number of nitrogens with two attached hydrogens (primary N) is 1. The molecule has 7 heteroatoms. The van der Waals surface area contributed by atoms with E-state index in [-0.39, 0.29) is 23.6 Å². The van der Waals surface area contributed by atoms with Gasteiger partial charge in [0.2, 0.25) is 5.91 Å². The topological polar surface area (TPSA) is 102 Å². The lowest BCUT2D eigenvalue weighted by Crippen LogP contribution is -2.41. The number of nitro benzene ring substituents is 1. The fourth-order valence-corrected chi connectivity index (χ4v) is 3.90. The van der Waals surface area contributed by atoms with Crippen LogP contribution in [0.2, 0.25) is 0 Å². The Morgan fingerprint density at radius 3 is 2.61 bits per heavy atom. The van der Waals surface area contributed by atoms with Crippen molar-refractivity contribution < 1.29 is 9.72 Å². The maximum atomic E-state index is 12.8. The number of nitro groups is 1. The summed E-state index contributed by atoms with van der Waals surface area (Å²) in [5.74, 6) is 0.409. The average molecular weight is 382 g/mol. The van der Waals surface area contributed by atoms with E-state index in [2.05, 4.69) is 22.3 Å². The number of nitrogens with zero attached hydrogens (tertiary/aromatic N) is 2. The number of anilines is 1. The smallest absolute Gasteiger partial charge is 0.274 e. The quantitative estimate of drug-likeness (QED) is 0.591. The van der Waals surface area contributed by atoms with Gasteiger partial charge in [0, 0.05) is 25.1 Å². The number of hydrogen-bond donors (Lipinski definition) is 2. The SMILES string of the molecule is Cc1c(NC(=O)C(C)N2C[C@@H](CN)[C@H](c3ccccc3)C2)cccc1[N+](=O)[O-]. The van der Waals surface area contributed by atoms with Crippen molar-refractivity contribution in [2.75, 3.05) is 25.0 Å². The summed E-state index contributed by atoms with van der Waals surface area (Å²) in [5.41, 5.74) is 8.16. The molecule has 0 aromatic heterocycles.